The molecule has 1 atom stereocenters. The molecule has 1 aromatic rings. The summed E-state index contributed by atoms with van der Waals surface area (Å²) in [5.74, 6) is -0.0599. The van der Waals surface area contributed by atoms with Crippen LogP contribution in [0.25, 0.3) is 0 Å². The van der Waals surface area contributed by atoms with Crippen LogP contribution in [0.1, 0.15) is 51.4 Å². The number of nitrogens with zero attached hydrogens (tertiary/aromatic N) is 4. The van der Waals surface area contributed by atoms with E-state index in [1.54, 1.807) is 18.7 Å². The van der Waals surface area contributed by atoms with Gasteiger partial charge in [0.2, 0.25) is 15.9 Å². The van der Waals surface area contributed by atoms with Gasteiger partial charge in [0, 0.05) is 26.2 Å². The van der Waals surface area contributed by atoms with Gasteiger partial charge in [-0.3, -0.25) is 9.48 Å². The van der Waals surface area contributed by atoms with Crippen LogP contribution in [0.5, 0.6) is 0 Å². The number of hydrogen-bond donors (Lipinski definition) is 0. The van der Waals surface area contributed by atoms with Gasteiger partial charge in [0.1, 0.15) is 11.4 Å². The van der Waals surface area contributed by atoms with E-state index in [0.717, 1.165) is 19.3 Å². The summed E-state index contributed by atoms with van der Waals surface area (Å²) in [7, 11) is -3.63. The first kappa shape index (κ1) is 22.8. The topological polar surface area (TPSA) is 84.7 Å². The summed E-state index contributed by atoms with van der Waals surface area (Å²) in [6, 6.07) is 0. The van der Waals surface area contributed by atoms with E-state index in [-0.39, 0.29) is 23.5 Å². The van der Waals surface area contributed by atoms with Crippen LogP contribution in [0.15, 0.2) is 4.90 Å². The lowest BCUT2D eigenvalue weighted by Crippen LogP contribution is -2.46. The Morgan fingerprint density at radius 1 is 1.21 bits per heavy atom. The van der Waals surface area contributed by atoms with Crippen molar-refractivity contribution in [1.29, 1.82) is 0 Å². The zero-order chi connectivity index (χ0) is 20.9. The third-order valence-corrected chi connectivity index (χ3v) is 7.24. The molecule has 0 spiro atoms. The summed E-state index contributed by atoms with van der Waals surface area (Å²) in [5.41, 5.74) is 0.958. The van der Waals surface area contributed by atoms with Crippen molar-refractivity contribution in [2.75, 3.05) is 32.8 Å². The molecule has 0 aromatic carbocycles. The summed E-state index contributed by atoms with van der Waals surface area (Å²) in [5, 5.41) is 4.39. The molecule has 2 heterocycles. The first-order chi connectivity index (χ1) is 13.3. The maximum Gasteiger partial charge on any atom is 0.246 e. The van der Waals surface area contributed by atoms with Gasteiger partial charge in [-0.2, -0.15) is 9.40 Å². The molecule has 8 nitrogen and oxygen atoms in total. The largest absolute Gasteiger partial charge is 0.375 e. The molecule has 0 bridgehead atoms. The molecule has 9 heteroatoms. The van der Waals surface area contributed by atoms with Crippen molar-refractivity contribution in [2.24, 2.45) is 0 Å². The minimum absolute atomic E-state index is 0.0418. The second kappa shape index (κ2) is 9.84. The maximum absolute atomic E-state index is 13.2. The third kappa shape index (κ3) is 4.93. The van der Waals surface area contributed by atoms with Gasteiger partial charge in [-0.15, -0.1) is 0 Å². The number of ether oxygens (including phenoxy) is 1. The summed E-state index contributed by atoms with van der Waals surface area (Å²) in [6.07, 6.45) is 2.42. The number of aryl methyl sites for hydroxylation is 1. The maximum atomic E-state index is 13.2. The van der Waals surface area contributed by atoms with Crippen LogP contribution in [0.3, 0.4) is 0 Å². The molecule has 1 fully saturated rings. The highest BCUT2D eigenvalue weighted by Gasteiger charge is 2.31. The van der Waals surface area contributed by atoms with Gasteiger partial charge in [0.05, 0.1) is 24.1 Å². The van der Waals surface area contributed by atoms with E-state index < -0.39 is 10.0 Å². The molecule has 1 unspecified atom stereocenters. The predicted octanol–water partition coefficient (Wildman–Crippen LogP) is 1.95. The Bertz CT molecular complexity index is 769. The van der Waals surface area contributed by atoms with Crippen LogP contribution >= 0.6 is 0 Å². The van der Waals surface area contributed by atoms with E-state index in [1.165, 1.54) is 8.99 Å². The normalized spacial score (nSPS) is 18.1. The van der Waals surface area contributed by atoms with Crippen LogP contribution in [0, 0.1) is 13.8 Å². The molecule has 0 aliphatic carbocycles. The average Bonchev–Trinajstić information content (AvgIpc) is 2.95. The fraction of sp³-hybridized carbons (Fsp3) is 0.789. The molecule has 0 saturated carbocycles. The Kier molecular flexibility index (Phi) is 8.03. The lowest BCUT2D eigenvalue weighted by molar-refractivity contribution is -0.139. The molecule has 160 valence electrons. The van der Waals surface area contributed by atoms with Crippen molar-refractivity contribution in [3.63, 3.8) is 0 Å². The fourth-order valence-electron chi connectivity index (χ4n) is 3.61. The Hall–Kier alpha value is -1.45. The van der Waals surface area contributed by atoms with Crippen molar-refractivity contribution < 1.29 is 17.9 Å². The van der Waals surface area contributed by atoms with Crippen molar-refractivity contribution in [2.45, 2.75) is 71.4 Å². The SMILES string of the molecule is CCCN(CCC)S(=O)(=O)c1c(C)nn(CC(=O)N2CCOC(CC)C2)c1C. The van der Waals surface area contributed by atoms with Crippen molar-refractivity contribution in [1.82, 2.24) is 19.0 Å². The predicted molar refractivity (Wildman–Crippen MR) is 108 cm³/mol. The van der Waals surface area contributed by atoms with Crippen LogP contribution in [0.2, 0.25) is 0 Å². The summed E-state index contributed by atoms with van der Waals surface area (Å²) >= 11 is 0. The highest BCUT2D eigenvalue weighted by Crippen LogP contribution is 2.24. The average molecular weight is 415 g/mol. The van der Waals surface area contributed by atoms with E-state index in [1.807, 2.05) is 20.8 Å². The number of carbonyl (C=O) groups is 1. The number of sulfonamides is 1. The Morgan fingerprint density at radius 2 is 1.86 bits per heavy atom. The van der Waals surface area contributed by atoms with Crippen molar-refractivity contribution in [3.8, 4) is 0 Å². The molecular formula is C19H34N4O4S. The molecule has 1 saturated heterocycles. The van der Waals surface area contributed by atoms with Crippen LogP contribution in [-0.4, -0.2) is 72.2 Å². The van der Waals surface area contributed by atoms with Gasteiger partial charge in [-0.25, -0.2) is 8.42 Å². The molecule has 1 aliphatic rings. The number of aromatic nitrogens is 2. The highest BCUT2D eigenvalue weighted by molar-refractivity contribution is 7.89. The number of rotatable bonds is 9. The zero-order valence-electron chi connectivity index (χ0n) is 17.8. The number of morpholine rings is 1. The first-order valence-corrected chi connectivity index (χ1v) is 11.6. The quantitative estimate of drug-likeness (QED) is 0.617. The van der Waals surface area contributed by atoms with E-state index in [2.05, 4.69) is 5.10 Å². The van der Waals surface area contributed by atoms with Crippen LogP contribution in [0.4, 0.5) is 0 Å². The minimum atomic E-state index is -3.63. The van der Waals surface area contributed by atoms with E-state index in [4.69, 9.17) is 4.74 Å². The molecular weight excluding hydrogens is 380 g/mol. The van der Waals surface area contributed by atoms with Crippen LogP contribution < -0.4 is 0 Å². The number of carbonyl (C=O) groups excluding carboxylic acids is 1. The molecule has 1 aromatic heterocycles. The number of hydrogen-bond acceptors (Lipinski definition) is 5. The van der Waals surface area contributed by atoms with E-state index >= 15 is 0 Å². The lowest BCUT2D eigenvalue weighted by Gasteiger charge is -2.32. The summed E-state index contributed by atoms with van der Waals surface area (Å²) in [4.78, 5) is 14.8. The van der Waals surface area contributed by atoms with Crippen molar-refractivity contribution in [3.05, 3.63) is 11.4 Å². The summed E-state index contributed by atoms with van der Waals surface area (Å²) < 4.78 is 35.1. The molecule has 1 amide bonds. The first-order valence-electron chi connectivity index (χ1n) is 10.2. The van der Waals surface area contributed by atoms with Gasteiger partial charge >= 0.3 is 0 Å². The van der Waals surface area contributed by atoms with E-state index in [0.29, 0.717) is 44.2 Å². The Balaban J connectivity index is 2.24. The standard InChI is InChI=1S/C19H34N4O4S/c1-6-9-22(10-7-2)28(25,26)19-15(4)20-23(16(19)5)14-18(24)21-11-12-27-17(8-3)13-21/h17H,6-14H2,1-5H3. The van der Waals surface area contributed by atoms with Crippen LogP contribution in [-0.2, 0) is 26.1 Å². The highest BCUT2D eigenvalue weighted by atomic mass is 32.2. The van der Waals surface area contributed by atoms with Gasteiger partial charge in [0.15, 0.2) is 0 Å². The minimum Gasteiger partial charge on any atom is -0.375 e. The van der Waals surface area contributed by atoms with Gasteiger partial charge in [0.25, 0.3) is 0 Å². The third-order valence-electron chi connectivity index (χ3n) is 5.09. The Labute approximate surface area is 168 Å². The molecule has 1 aliphatic heterocycles. The van der Waals surface area contributed by atoms with Gasteiger partial charge < -0.3 is 9.64 Å². The zero-order valence-corrected chi connectivity index (χ0v) is 18.6. The number of amides is 1. The summed E-state index contributed by atoms with van der Waals surface area (Å²) in [6.45, 7) is 12.0. The fourth-order valence-corrected chi connectivity index (χ4v) is 5.61. The Morgan fingerprint density at radius 3 is 2.43 bits per heavy atom. The molecule has 0 N–H and O–H groups in total. The molecule has 28 heavy (non-hydrogen) atoms. The molecule has 0 radical (unpaired) electrons. The van der Waals surface area contributed by atoms with Gasteiger partial charge in [-0.05, 0) is 33.1 Å². The lowest BCUT2D eigenvalue weighted by atomic mass is 10.2. The monoisotopic (exact) mass is 414 g/mol. The second-order valence-electron chi connectivity index (χ2n) is 7.30. The van der Waals surface area contributed by atoms with Gasteiger partial charge in [-0.1, -0.05) is 20.8 Å². The smallest absolute Gasteiger partial charge is 0.246 e. The second-order valence-corrected chi connectivity index (χ2v) is 9.18. The molecule has 2 rings (SSSR count). The van der Waals surface area contributed by atoms with E-state index in [9.17, 15) is 13.2 Å². The van der Waals surface area contributed by atoms with Crippen molar-refractivity contribution >= 4 is 15.9 Å².